The molecule has 0 saturated heterocycles. The van der Waals surface area contributed by atoms with E-state index in [0.29, 0.717) is 21.7 Å². The fourth-order valence-electron chi connectivity index (χ4n) is 11.1. The third-order valence-corrected chi connectivity index (χ3v) is 13.0. The summed E-state index contributed by atoms with van der Waals surface area (Å²) >= 11 is 0. The zero-order chi connectivity index (χ0) is 22.4. The van der Waals surface area contributed by atoms with Gasteiger partial charge in [0.15, 0.2) is 0 Å². The molecule has 5 rings (SSSR count). The third kappa shape index (κ3) is 2.71. The van der Waals surface area contributed by atoms with Gasteiger partial charge in [-0.2, -0.15) is 0 Å². The molecule has 0 aromatic carbocycles. The normalized spacial score (nSPS) is 52.9. The summed E-state index contributed by atoms with van der Waals surface area (Å²) in [4.78, 5) is 0. The lowest BCUT2D eigenvalue weighted by Crippen LogP contribution is -2.57. The van der Waals surface area contributed by atoms with E-state index in [0.717, 1.165) is 30.1 Å². The van der Waals surface area contributed by atoms with Gasteiger partial charge in [0, 0.05) is 0 Å². The van der Waals surface area contributed by atoms with Gasteiger partial charge in [0.1, 0.15) is 0 Å². The lowest BCUT2D eigenvalue weighted by molar-refractivity contribution is -0.161. The van der Waals surface area contributed by atoms with Gasteiger partial charge in [-0.25, -0.2) is 0 Å². The number of aliphatic hydroxyl groups is 1. The Balaban J connectivity index is 1.41. The van der Waals surface area contributed by atoms with Crippen molar-refractivity contribution in [1.82, 2.24) is 0 Å². The molecular formula is C30H50O. The zero-order valence-corrected chi connectivity index (χ0v) is 21.7. The van der Waals surface area contributed by atoms with Crippen molar-refractivity contribution in [2.75, 3.05) is 0 Å². The molecule has 31 heavy (non-hydrogen) atoms. The minimum absolute atomic E-state index is 0.0840. The summed E-state index contributed by atoms with van der Waals surface area (Å²) in [5.41, 5.74) is 3.87. The molecule has 0 unspecified atom stereocenters. The van der Waals surface area contributed by atoms with Crippen molar-refractivity contribution in [2.45, 2.75) is 125 Å². The van der Waals surface area contributed by atoms with E-state index in [1.165, 1.54) is 69.8 Å². The minimum atomic E-state index is -0.0840. The number of allylic oxidation sites excluding steroid dienone is 2. The molecule has 1 nitrogen and oxygen atoms in total. The molecule has 0 bridgehead atoms. The standard InChI is InChI=1S/C30H50O/c1-20(2)9-8-10-21(3)22-13-15-28(7)24-12-11-23-26(4,5)25(31)14-16-29(23)19-30(24,29)18-17-27(22,28)6/h9,21-25,31H,8,10-19H2,1-7H3/t21-,22-,23+,24-,25+,27-,28+,29-,30+/m1/s1. The Morgan fingerprint density at radius 1 is 0.871 bits per heavy atom. The van der Waals surface area contributed by atoms with Crippen LogP contribution < -0.4 is 0 Å². The summed E-state index contributed by atoms with van der Waals surface area (Å²) in [5, 5.41) is 10.8. The monoisotopic (exact) mass is 426 g/mol. The van der Waals surface area contributed by atoms with Gasteiger partial charge in [0.05, 0.1) is 6.10 Å². The predicted octanol–water partition coefficient (Wildman–Crippen LogP) is 8.17. The molecule has 0 aliphatic heterocycles. The highest BCUT2D eigenvalue weighted by atomic mass is 16.3. The first-order valence-corrected chi connectivity index (χ1v) is 13.8. The molecule has 5 fully saturated rings. The predicted molar refractivity (Wildman–Crippen MR) is 131 cm³/mol. The van der Waals surface area contributed by atoms with Gasteiger partial charge in [-0.1, -0.05) is 46.3 Å². The lowest BCUT2D eigenvalue weighted by atomic mass is 9.41. The molecule has 1 heteroatoms. The van der Waals surface area contributed by atoms with Crippen molar-refractivity contribution in [3.05, 3.63) is 11.6 Å². The Morgan fingerprint density at radius 2 is 1.55 bits per heavy atom. The summed E-state index contributed by atoms with van der Waals surface area (Å²) in [7, 11) is 0. The van der Waals surface area contributed by atoms with Crippen molar-refractivity contribution in [1.29, 1.82) is 0 Å². The molecular weight excluding hydrogens is 376 g/mol. The van der Waals surface area contributed by atoms with Crippen LogP contribution in [0.5, 0.6) is 0 Å². The van der Waals surface area contributed by atoms with Crippen molar-refractivity contribution in [2.24, 2.45) is 50.7 Å². The summed E-state index contributed by atoms with van der Waals surface area (Å²) < 4.78 is 0. The number of rotatable bonds is 4. The van der Waals surface area contributed by atoms with Gasteiger partial charge < -0.3 is 5.11 Å². The molecule has 5 aliphatic carbocycles. The van der Waals surface area contributed by atoms with Gasteiger partial charge in [0.2, 0.25) is 0 Å². The van der Waals surface area contributed by atoms with Crippen LogP contribution in [0.4, 0.5) is 0 Å². The molecule has 5 aliphatic rings. The topological polar surface area (TPSA) is 20.2 Å². The fraction of sp³-hybridized carbons (Fsp3) is 0.933. The van der Waals surface area contributed by atoms with E-state index in [9.17, 15) is 5.11 Å². The maximum atomic E-state index is 10.8. The Morgan fingerprint density at radius 3 is 2.26 bits per heavy atom. The smallest absolute Gasteiger partial charge is 0.0594 e. The fourth-order valence-corrected chi connectivity index (χ4v) is 11.1. The Kier molecular flexibility index (Phi) is 4.98. The maximum absolute atomic E-state index is 10.8. The van der Waals surface area contributed by atoms with Gasteiger partial charge in [-0.3, -0.25) is 0 Å². The maximum Gasteiger partial charge on any atom is 0.0594 e. The van der Waals surface area contributed by atoms with E-state index in [2.05, 4.69) is 54.5 Å². The SMILES string of the molecule is CC(C)=CCC[C@@H](C)[C@H]1CC[C@@]2(C)[C@H]3CC[C@H]4C(C)(C)[C@@H](O)CC[C@@]45C[C@@]35CC[C@]12C. The molecule has 2 spiro atoms. The quantitative estimate of drug-likeness (QED) is 0.449. The molecule has 176 valence electrons. The number of fused-ring (bicyclic) bond motifs is 2. The third-order valence-electron chi connectivity index (χ3n) is 13.0. The van der Waals surface area contributed by atoms with Crippen LogP contribution in [-0.2, 0) is 0 Å². The highest BCUT2D eigenvalue weighted by molar-refractivity contribution is 5.30. The molecule has 9 atom stereocenters. The van der Waals surface area contributed by atoms with E-state index >= 15 is 0 Å². The zero-order valence-electron chi connectivity index (χ0n) is 21.7. The highest BCUT2D eigenvalue weighted by Crippen LogP contribution is 2.89. The first-order chi connectivity index (χ1) is 14.4. The van der Waals surface area contributed by atoms with Crippen molar-refractivity contribution >= 4 is 0 Å². The second-order valence-corrected chi connectivity index (χ2v) is 14.4. The summed E-state index contributed by atoms with van der Waals surface area (Å²) in [5.74, 6) is 3.46. The van der Waals surface area contributed by atoms with E-state index < -0.39 is 0 Å². The van der Waals surface area contributed by atoms with Crippen molar-refractivity contribution < 1.29 is 5.11 Å². The summed E-state index contributed by atoms with van der Waals surface area (Å²) in [6, 6.07) is 0. The molecule has 0 aromatic heterocycles. The average Bonchev–Trinajstić information content (AvgIpc) is 3.27. The van der Waals surface area contributed by atoms with Crippen LogP contribution in [0.15, 0.2) is 11.6 Å². The molecule has 1 N–H and O–H groups in total. The van der Waals surface area contributed by atoms with E-state index in [-0.39, 0.29) is 11.5 Å². The second-order valence-electron chi connectivity index (χ2n) is 14.4. The lowest BCUT2D eigenvalue weighted by Gasteiger charge is -2.63. The number of aliphatic hydroxyl groups excluding tert-OH is 1. The molecule has 0 radical (unpaired) electrons. The first-order valence-electron chi connectivity index (χ1n) is 13.8. The Hall–Kier alpha value is -0.300. The van der Waals surface area contributed by atoms with Gasteiger partial charge in [-0.05, 0) is 135 Å². The molecule has 0 aromatic rings. The molecule has 0 heterocycles. The minimum Gasteiger partial charge on any atom is -0.393 e. The molecule has 0 amide bonds. The van der Waals surface area contributed by atoms with Crippen LogP contribution in [0.2, 0.25) is 0 Å². The average molecular weight is 427 g/mol. The second kappa shape index (κ2) is 6.86. The first kappa shape index (κ1) is 22.5. The van der Waals surface area contributed by atoms with Crippen LogP contribution in [0.1, 0.15) is 119 Å². The van der Waals surface area contributed by atoms with Gasteiger partial charge in [-0.15, -0.1) is 0 Å². The highest BCUT2D eigenvalue weighted by Gasteiger charge is 2.82. The van der Waals surface area contributed by atoms with Crippen molar-refractivity contribution in [3.8, 4) is 0 Å². The van der Waals surface area contributed by atoms with Crippen LogP contribution in [-0.4, -0.2) is 11.2 Å². The van der Waals surface area contributed by atoms with E-state index in [1.807, 2.05) is 0 Å². The van der Waals surface area contributed by atoms with Gasteiger partial charge >= 0.3 is 0 Å². The van der Waals surface area contributed by atoms with E-state index in [1.54, 1.807) is 0 Å². The summed E-state index contributed by atoms with van der Waals surface area (Å²) in [6.45, 7) is 17.3. The Labute approximate surface area is 192 Å². The van der Waals surface area contributed by atoms with Crippen LogP contribution >= 0.6 is 0 Å². The van der Waals surface area contributed by atoms with Crippen LogP contribution in [0.25, 0.3) is 0 Å². The Bertz CT molecular complexity index is 760. The molecule has 5 saturated carbocycles. The van der Waals surface area contributed by atoms with E-state index in [4.69, 9.17) is 0 Å². The van der Waals surface area contributed by atoms with Crippen LogP contribution in [0, 0.1) is 50.7 Å². The number of hydrogen-bond donors (Lipinski definition) is 1. The summed E-state index contributed by atoms with van der Waals surface area (Å²) in [6.07, 6.45) is 17.6. The van der Waals surface area contributed by atoms with Crippen molar-refractivity contribution in [3.63, 3.8) is 0 Å². The van der Waals surface area contributed by atoms with Gasteiger partial charge in [0.25, 0.3) is 0 Å². The largest absolute Gasteiger partial charge is 0.393 e. The number of hydrogen-bond acceptors (Lipinski definition) is 1. The van der Waals surface area contributed by atoms with Crippen LogP contribution in [0.3, 0.4) is 0 Å².